The van der Waals surface area contributed by atoms with E-state index in [2.05, 4.69) is 18.2 Å². The fraction of sp³-hybridized carbons (Fsp3) is 0.538. The fourth-order valence-electron chi connectivity index (χ4n) is 1.82. The molecule has 1 heterocycles. The topological polar surface area (TPSA) is 29.5 Å². The molecule has 3 heteroatoms. The molecular formula is C13H18O2S. The largest absolute Gasteiger partial charge is 0.390 e. The smallest absolute Gasteiger partial charge is 0.0898 e. The molecule has 1 aromatic carbocycles. The minimum atomic E-state index is -0.375. The molecule has 0 bridgehead atoms. The quantitative estimate of drug-likeness (QED) is 0.874. The molecule has 0 spiro atoms. The number of thioether (sulfide) groups is 1. The molecule has 0 amide bonds. The van der Waals surface area contributed by atoms with E-state index in [-0.39, 0.29) is 17.5 Å². The van der Waals surface area contributed by atoms with E-state index in [1.54, 1.807) is 11.8 Å². The average molecular weight is 238 g/mol. The number of aliphatic hydroxyl groups excluding tert-OH is 1. The molecule has 2 atom stereocenters. The Morgan fingerprint density at radius 2 is 2.19 bits per heavy atom. The van der Waals surface area contributed by atoms with Gasteiger partial charge in [-0.15, -0.1) is 11.8 Å². The van der Waals surface area contributed by atoms with Crippen LogP contribution < -0.4 is 0 Å². The van der Waals surface area contributed by atoms with Gasteiger partial charge in [0.25, 0.3) is 0 Å². The van der Waals surface area contributed by atoms with Gasteiger partial charge in [0.05, 0.1) is 18.8 Å². The van der Waals surface area contributed by atoms with Crippen molar-refractivity contribution in [2.24, 2.45) is 0 Å². The highest BCUT2D eigenvalue weighted by molar-refractivity contribution is 8.00. The molecule has 0 aromatic heterocycles. The average Bonchev–Trinajstić information content (AvgIpc) is 2.69. The van der Waals surface area contributed by atoms with Gasteiger partial charge in [-0.25, -0.2) is 0 Å². The van der Waals surface area contributed by atoms with Crippen molar-refractivity contribution in [1.82, 2.24) is 0 Å². The van der Waals surface area contributed by atoms with Crippen molar-refractivity contribution in [2.75, 3.05) is 6.61 Å². The van der Waals surface area contributed by atoms with Gasteiger partial charge in [-0.1, -0.05) is 18.2 Å². The van der Waals surface area contributed by atoms with Crippen LogP contribution in [0.15, 0.2) is 29.2 Å². The Bertz CT molecular complexity index is 327. The summed E-state index contributed by atoms with van der Waals surface area (Å²) >= 11 is 1.77. The SMILES string of the molecule is CC(C)OCC(O)C1Cc2ccccc2S1. The zero-order valence-electron chi connectivity index (χ0n) is 9.72. The molecule has 16 heavy (non-hydrogen) atoms. The second-order valence-electron chi connectivity index (χ2n) is 4.42. The fourth-order valence-corrected chi connectivity index (χ4v) is 3.11. The molecule has 2 rings (SSSR count). The normalized spacial score (nSPS) is 21.1. The Kier molecular flexibility index (Phi) is 3.90. The third kappa shape index (κ3) is 2.78. The molecule has 2 unspecified atom stereocenters. The van der Waals surface area contributed by atoms with E-state index in [0.29, 0.717) is 6.61 Å². The van der Waals surface area contributed by atoms with Crippen molar-refractivity contribution in [2.45, 2.75) is 42.6 Å². The van der Waals surface area contributed by atoms with Crippen LogP contribution in [0.2, 0.25) is 0 Å². The Balaban J connectivity index is 1.90. The molecule has 0 radical (unpaired) electrons. The molecular weight excluding hydrogens is 220 g/mol. The van der Waals surface area contributed by atoms with E-state index < -0.39 is 0 Å². The maximum absolute atomic E-state index is 10.0. The van der Waals surface area contributed by atoms with Gasteiger partial charge in [0.1, 0.15) is 0 Å². The van der Waals surface area contributed by atoms with E-state index in [0.717, 1.165) is 6.42 Å². The summed E-state index contributed by atoms with van der Waals surface area (Å²) in [5.74, 6) is 0. The lowest BCUT2D eigenvalue weighted by Gasteiger charge is -2.18. The minimum Gasteiger partial charge on any atom is -0.390 e. The van der Waals surface area contributed by atoms with Crippen molar-refractivity contribution >= 4 is 11.8 Å². The van der Waals surface area contributed by atoms with Gasteiger partial charge in [0.15, 0.2) is 0 Å². The monoisotopic (exact) mass is 238 g/mol. The lowest BCUT2D eigenvalue weighted by Crippen LogP contribution is -2.29. The summed E-state index contributed by atoms with van der Waals surface area (Å²) in [7, 11) is 0. The first kappa shape index (κ1) is 12.0. The van der Waals surface area contributed by atoms with Crippen molar-refractivity contribution in [3.8, 4) is 0 Å². The first-order chi connectivity index (χ1) is 7.66. The third-order valence-corrected chi connectivity index (χ3v) is 4.14. The highest BCUT2D eigenvalue weighted by atomic mass is 32.2. The van der Waals surface area contributed by atoms with Gasteiger partial charge in [0, 0.05) is 10.1 Å². The molecule has 88 valence electrons. The van der Waals surface area contributed by atoms with E-state index in [4.69, 9.17) is 4.74 Å². The summed E-state index contributed by atoms with van der Waals surface area (Å²) in [6.07, 6.45) is 0.756. The zero-order chi connectivity index (χ0) is 11.5. The maximum atomic E-state index is 10.0. The highest BCUT2D eigenvalue weighted by Gasteiger charge is 2.28. The number of rotatable bonds is 4. The number of fused-ring (bicyclic) bond motifs is 1. The zero-order valence-corrected chi connectivity index (χ0v) is 10.5. The van der Waals surface area contributed by atoms with Gasteiger partial charge < -0.3 is 9.84 Å². The Morgan fingerprint density at radius 3 is 2.88 bits per heavy atom. The van der Waals surface area contributed by atoms with Crippen LogP contribution in [0, 0.1) is 0 Å². The van der Waals surface area contributed by atoms with Crippen LogP contribution in [0.25, 0.3) is 0 Å². The molecule has 1 aliphatic rings. The summed E-state index contributed by atoms with van der Waals surface area (Å²) in [6, 6.07) is 8.36. The van der Waals surface area contributed by atoms with Gasteiger partial charge in [-0.3, -0.25) is 0 Å². The van der Waals surface area contributed by atoms with Gasteiger partial charge in [-0.05, 0) is 31.9 Å². The van der Waals surface area contributed by atoms with Crippen molar-refractivity contribution in [3.63, 3.8) is 0 Å². The Labute approximate surface area is 101 Å². The third-order valence-electron chi connectivity index (χ3n) is 2.70. The summed E-state index contributed by atoms with van der Waals surface area (Å²) in [6.45, 7) is 4.41. The first-order valence-corrected chi connectivity index (χ1v) is 6.59. The standard InChI is InChI=1S/C13H18O2S/c1-9(2)15-8-11(14)13-7-10-5-3-4-6-12(10)16-13/h3-6,9,11,13-14H,7-8H2,1-2H3. The highest BCUT2D eigenvalue weighted by Crippen LogP contribution is 2.38. The second kappa shape index (κ2) is 5.21. The lowest BCUT2D eigenvalue weighted by atomic mass is 10.1. The number of hydrogen-bond acceptors (Lipinski definition) is 3. The summed E-state index contributed by atoms with van der Waals surface area (Å²) in [5.41, 5.74) is 1.35. The lowest BCUT2D eigenvalue weighted by molar-refractivity contribution is 0.00564. The molecule has 1 N–H and O–H groups in total. The van der Waals surface area contributed by atoms with Crippen LogP contribution in [0.4, 0.5) is 0 Å². The number of aliphatic hydroxyl groups is 1. The first-order valence-electron chi connectivity index (χ1n) is 5.71. The number of ether oxygens (including phenoxy) is 1. The van der Waals surface area contributed by atoms with Crippen LogP contribution in [0.1, 0.15) is 19.4 Å². The Hall–Kier alpha value is -0.510. The molecule has 0 fully saturated rings. The van der Waals surface area contributed by atoms with Crippen molar-refractivity contribution < 1.29 is 9.84 Å². The van der Waals surface area contributed by atoms with E-state index in [1.165, 1.54) is 10.5 Å². The van der Waals surface area contributed by atoms with Gasteiger partial charge in [0.2, 0.25) is 0 Å². The van der Waals surface area contributed by atoms with Crippen LogP contribution >= 0.6 is 11.8 Å². The maximum Gasteiger partial charge on any atom is 0.0898 e. The van der Waals surface area contributed by atoms with Gasteiger partial charge >= 0.3 is 0 Å². The van der Waals surface area contributed by atoms with Crippen molar-refractivity contribution in [1.29, 1.82) is 0 Å². The van der Waals surface area contributed by atoms with Crippen LogP contribution in [-0.4, -0.2) is 29.2 Å². The minimum absolute atomic E-state index is 0.184. The molecule has 1 aromatic rings. The van der Waals surface area contributed by atoms with Crippen LogP contribution in [-0.2, 0) is 11.2 Å². The predicted molar refractivity (Wildman–Crippen MR) is 66.9 cm³/mol. The summed E-state index contributed by atoms with van der Waals surface area (Å²) < 4.78 is 5.45. The second-order valence-corrected chi connectivity index (χ2v) is 5.70. The molecule has 1 aliphatic heterocycles. The number of benzene rings is 1. The molecule has 0 saturated heterocycles. The summed E-state index contributed by atoms with van der Waals surface area (Å²) in [5, 5.41) is 10.3. The van der Waals surface area contributed by atoms with Gasteiger partial charge in [-0.2, -0.15) is 0 Å². The number of hydrogen-bond donors (Lipinski definition) is 1. The van der Waals surface area contributed by atoms with E-state index in [9.17, 15) is 5.11 Å². The van der Waals surface area contributed by atoms with Crippen molar-refractivity contribution in [3.05, 3.63) is 29.8 Å². The van der Waals surface area contributed by atoms with E-state index in [1.807, 2.05) is 19.9 Å². The molecule has 0 aliphatic carbocycles. The Morgan fingerprint density at radius 1 is 1.44 bits per heavy atom. The summed E-state index contributed by atoms with van der Waals surface area (Å²) in [4.78, 5) is 1.30. The van der Waals surface area contributed by atoms with Crippen LogP contribution in [0.5, 0.6) is 0 Å². The van der Waals surface area contributed by atoms with E-state index >= 15 is 0 Å². The molecule has 0 saturated carbocycles. The predicted octanol–water partition coefficient (Wildman–Crippen LogP) is 2.49. The molecule has 2 nitrogen and oxygen atoms in total. The van der Waals surface area contributed by atoms with Crippen LogP contribution in [0.3, 0.4) is 0 Å².